The number of carbonyl (C=O) groups excluding carboxylic acids is 2. The van der Waals surface area contributed by atoms with E-state index in [1.54, 1.807) is 13.8 Å². The van der Waals surface area contributed by atoms with E-state index in [0.29, 0.717) is 12.1 Å². The average molecular weight is 364 g/mol. The van der Waals surface area contributed by atoms with Gasteiger partial charge in [-0.25, -0.2) is 18.7 Å². The van der Waals surface area contributed by atoms with E-state index in [4.69, 9.17) is 4.74 Å². The van der Waals surface area contributed by atoms with Gasteiger partial charge in [0.2, 0.25) is 0 Å². The van der Waals surface area contributed by atoms with E-state index in [2.05, 4.69) is 15.7 Å². The Morgan fingerprint density at radius 1 is 1.27 bits per heavy atom. The van der Waals surface area contributed by atoms with Crippen LogP contribution in [0.15, 0.2) is 30.5 Å². The molecule has 3 N–H and O–H groups in total. The van der Waals surface area contributed by atoms with Crippen LogP contribution in [0.4, 0.5) is 20.7 Å². The third-order valence-corrected chi connectivity index (χ3v) is 3.52. The topological polar surface area (TPSA) is 105 Å². The number of aliphatic hydroxyl groups is 1. The van der Waals surface area contributed by atoms with Gasteiger partial charge in [-0.05, 0) is 37.6 Å². The zero-order chi connectivity index (χ0) is 19.1. The number of nitrogens with one attached hydrogen (secondary N) is 2. The van der Waals surface area contributed by atoms with Crippen LogP contribution in [0.5, 0.6) is 0 Å². The second-order valence-corrected chi connectivity index (χ2v) is 5.46. The lowest BCUT2D eigenvalue weighted by Gasteiger charge is -2.14. The minimum absolute atomic E-state index is 0.0735. The highest BCUT2D eigenvalue weighted by Gasteiger charge is 2.21. The Morgan fingerprint density at radius 2 is 1.96 bits per heavy atom. The number of halogens is 1. The number of hydrogen-bond donors (Lipinski definition) is 3. The summed E-state index contributed by atoms with van der Waals surface area (Å²) in [5.74, 6) is -0.954. The van der Waals surface area contributed by atoms with Gasteiger partial charge in [0.05, 0.1) is 25.5 Å². The minimum atomic E-state index is -0.689. The summed E-state index contributed by atoms with van der Waals surface area (Å²) in [5, 5.41) is 18.9. The average Bonchev–Trinajstić information content (AvgIpc) is 2.99. The fourth-order valence-electron chi connectivity index (χ4n) is 2.15. The standard InChI is InChI=1S/C17H21FN4O4/c1-3-13(23)10-22-15(14(9-19-22)16(24)26-4-2)21-17(25)20-12-7-5-11(18)6-8-12/h5-9,13,23H,3-4,10H2,1-2H3,(H2,20,21,25). The number of hydrogen-bond acceptors (Lipinski definition) is 5. The van der Waals surface area contributed by atoms with E-state index in [9.17, 15) is 19.1 Å². The fraction of sp³-hybridized carbons (Fsp3) is 0.353. The van der Waals surface area contributed by atoms with Crippen molar-refractivity contribution < 1.29 is 23.8 Å². The van der Waals surface area contributed by atoms with Gasteiger partial charge in [0.25, 0.3) is 0 Å². The van der Waals surface area contributed by atoms with Gasteiger partial charge in [0, 0.05) is 5.69 Å². The SMILES string of the molecule is CCOC(=O)c1cnn(CC(O)CC)c1NC(=O)Nc1ccc(F)cc1. The molecular weight excluding hydrogens is 343 g/mol. The molecule has 0 fully saturated rings. The molecular formula is C17H21FN4O4. The molecule has 0 aliphatic heterocycles. The molecule has 0 saturated heterocycles. The molecule has 1 heterocycles. The third-order valence-electron chi connectivity index (χ3n) is 3.52. The van der Waals surface area contributed by atoms with Crippen molar-refractivity contribution in [1.82, 2.24) is 9.78 Å². The maximum absolute atomic E-state index is 12.9. The van der Waals surface area contributed by atoms with Crippen molar-refractivity contribution in [2.75, 3.05) is 17.2 Å². The molecule has 2 amide bonds. The number of aliphatic hydroxyl groups excluding tert-OH is 1. The van der Waals surface area contributed by atoms with Crippen molar-refractivity contribution in [2.24, 2.45) is 0 Å². The van der Waals surface area contributed by atoms with Crippen LogP contribution in [0.25, 0.3) is 0 Å². The highest BCUT2D eigenvalue weighted by Crippen LogP contribution is 2.18. The Bertz CT molecular complexity index is 761. The molecule has 0 saturated carbocycles. The quantitative estimate of drug-likeness (QED) is 0.655. The summed E-state index contributed by atoms with van der Waals surface area (Å²) in [5.41, 5.74) is 0.450. The van der Waals surface area contributed by atoms with Gasteiger partial charge >= 0.3 is 12.0 Å². The number of amides is 2. The lowest BCUT2D eigenvalue weighted by atomic mass is 10.3. The van der Waals surface area contributed by atoms with Crippen molar-refractivity contribution in [2.45, 2.75) is 32.9 Å². The molecule has 1 aromatic heterocycles. The fourth-order valence-corrected chi connectivity index (χ4v) is 2.15. The van der Waals surface area contributed by atoms with Gasteiger partial charge in [0.1, 0.15) is 17.2 Å². The first kappa shape index (κ1) is 19.4. The number of esters is 1. The molecule has 1 aromatic carbocycles. The molecule has 2 rings (SSSR count). The van der Waals surface area contributed by atoms with Crippen LogP contribution in [-0.2, 0) is 11.3 Å². The zero-order valence-electron chi connectivity index (χ0n) is 14.5. The van der Waals surface area contributed by atoms with Crippen molar-refractivity contribution >= 4 is 23.5 Å². The van der Waals surface area contributed by atoms with Gasteiger partial charge in [-0.1, -0.05) is 6.92 Å². The highest BCUT2D eigenvalue weighted by molar-refractivity contribution is 6.04. The van der Waals surface area contributed by atoms with Crippen LogP contribution in [0.3, 0.4) is 0 Å². The van der Waals surface area contributed by atoms with E-state index in [-0.39, 0.29) is 24.5 Å². The molecule has 2 aromatic rings. The molecule has 140 valence electrons. The van der Waals surface area contributed by atoms with Crippen LogP contribution in [0.2, 0.25) is 0 Å². The Hall–Kier alpha value is -2.94. The number of benzene rings is 1. The van der Waals surface area contributed by atoms with Crippen LogP contribution >= 0.6 is 0 Å². The number of urea groups is 1. The number of ether oxygens (including phenoxy) is 1. The normalized spacial score (nSPS) is 11.7. The van der Waals surface area contributed by atoms with Gasteiger partial charge < -0.3 is 15.2 Å². The monoisotopic (exact) mass is 364 g/mol. The predicted octanol–water partition coefficient (Wildman–Crippen LogP) is 2.61. The van der Waals surface area contributed by atoms with Crippen molar-refractivity contribution in [1.29, 1.82) is 0 Å². The van der Waals surface area contributed by atoms with Crippen molar-refractivity contribution in [3.05, 3.63) is 41.8 Å². The van der Waals surface area contributed by atoms with Gasteiger partial charge in [-0.15, -0.1) is 0 Å². The third kappa shape index (κ3) is 5.03. The Morgan fingerprint density at radius 3 is 2.58 bits per heavy atom. The number of aromatic nitrogens is 2. The largest absolute Gasteiger partial charge is 0.462 e. The highest BCUT2D eigenvalue weighted by atomic mass is 19.1. The van der Waals surface area contributed by atoms with Crippen molar-refractivity contribution in [3.8, 4) is 0 Å². The van der Waals surface area contributed by atoms with Gasteiger partial charge in [-0.2, -0.15) is 5.10 Å². The molecule has 8 nitrogen and oxygen atoms in total. The first-order valence-electron chi connectivity index (χ1n) is 8.19. The molecule has 0 spiro atoms. The molecule has 26 heavy (non-hydrogen) atoms. The molecule has 1 unspecified atom stereocenters. The maximum atomic E-state index is 12.9. The second kappa shape index (κ2) is 8.95. The van der Waals surface area contributed by atoms with Gasteiger partial charge in [0.15, 0.2) is 0 Å². The number of carbonyl (C=O) groups is 2. The molecule has 0 bridgehead atoms. The summed E-state index contributed by atoms with van der Waals surface area (Å²) >= 11 is 0. The van der Waals surface area contributed by atoms with Crippen LogP contribution in [0, 0.1) is 5.82 Å². The van der Waals surface area contributed by atoms with Crippen molar-refractivity contribution in [3.63, 3.8) is 0 Å². The molecule has 1 atom stereocenters. The summed E-state index contributed by atoms with van der Waals surface area (Å²) in [6, 6.07) is 4.58. The summed E-state index contributed by atoms with van der Waals surface area (Å²) in [7, 11) is 0. The summed E-state index contributed by atoms with van der Waals surface area (Å²) in [6.45, 7) is 3.73. The van der Waals surface area contributed by atoms with E-state index in [1.807, 2.05) is 0 Å². The Balaban J connectivity index is 2.20. The minimum Gasteiger partial charge on any atom is -0.462 e. The lowest BCUT2D eigenvalue weighted by Crippen LogP contribution is -2.25. The smallest absolute Gasteiger partial charge is 0.343 e. The Kier molecular flexibility index (Phi) is 6.67. The second-order valence-electron chi connectivity index (χ2n) is 5.46. The van der Waals surface area contributed by atoms with E-state index >= 15 is 0 Å². The molecule has 9 heteroatoms. The van der Waals surface area contributed by atoms with Crippen LogP contribution in [0.1, 0.15) is 30.6 Å². The molecule has 0 aliphatic rings. The van der Waals surface area contributed by atoms with Crippen LogP contribution < -0.4 is 10.6 Å². The van der Waals surface area contributed by atoms with E-state index < -0.39 is 23.9 Å². The molecule has 0 radical (unpaired) electrons. The first-order valence-corrected chi connectivity index (χ1v) is 8.19. The Labute approximate surface area is 150 Å². The number of nitrogens with zero attached hydrogens (tertiary/aromatic N) is 2. The van der Waals surface area contributed by atoms with Crippen LogP contribution in [-0.4, -0.2) is 39.6 Å². The summed E-state index contributed by atoms with van der Waals surface area (Å²) in [6.07, 6.45) is 1.06. The van der Waals surface area contributed by atoms with E-state index in [0.717, 1.165) is 0 Å². The first-order chi connectivity index (χ1) is 12.4. The van der Waals surface area contributed by atoms with Gasteiger partial charge in [-0.3, -0.25) is 5.32 Å². The molecule has 0 aliphatic carbocycles. The summed E-state index contributed by atoms with van der Waals surface area (Å²) < 4.78 is 19.2. The lowest BCUT2D eigenvalue weighted by molar-refractivity contribution is 0.0527. The van der Waals surface area contributed by atoms with E-state index in [1.165, 1.54) is 35.1 Å². The maximum Gasteiger partial charge on any atom is 0.343 e. The summed E-state index contributed by atoms with van der Waals surface area (Å²) in [4.78, 5) is 24.3. The predicted molar refractivity (Wildman–Crippen MR) is 93.5 cm³/mol. The zero-order valence-corrected chi connectivity index (χ0v) is 14.5. The number of rotatable bonds is 7. The number of anilines is 2.